The lowest BCUT2D eigenvalue weighted by molar-refractivity contribution is -0.137. The molecule has 0 unspecified atom stereocenters. The van der Waals surface area contributed by atoms with Gasteiger partial charge < -0.3 is 16.3 Å². The number of nitrogens with two attached hydrogens (primary N) is 1. The molecule has 0 saturated heterocycles. The van der Waals surface area contributed by atoms with Crippen molar-refractivity contribution in [3.63, 3.8) is 0 Å². The van der Waals surface area contributed by atoms with Crippen molar-refractivity contribution in [1.82, 2.24) is 0 Å². The smallest absolute Gasteiger partial charge is 0.409 e. The first-order valence-electron chi connectivity index (χ1n) is 5.66. The highest BCUT2D eigenvalue weighted by atomic mass is 35.5. The van der Waals surface area contributed by atoms with E-state index in [1.165, 1.54) is 13.8 Å². The Morgan fingerprint density at radius 1 is 1.38 bits per heavy atom. The molecule has 0 bridgehead atoms. The number of nitrogens with zero attached hydrogens (tertiary/aromatic N) is 1. The molecule has 1 aromatic rings. The number of nitrogens with one attached hydrogen (secondary N) is 1. The minimum atomic E-state index is -4.53. The molecular weight excluding hydrogens is 311 g/mol. The second kappa shape index (κ2) is 5.80. The fraction of sp³-hybridized carbons (Fsp3) is 0.333. The van der Waals surface area contributed by atoms with Gasteiger partial charge in [0.2, 0.25) is 5.91 Å². The minimum absolute atomic E-state index is 0.00604. The summed E-state index contributed by atoms with van der Waals surface area (Å²) in [5.41, 5.74) is 3.09. The van der Waals surface area contributed by atoms with Gasteiger partial charge in [0.1, 0.15) is 5.41 Å². The van der Waals surface area contributed by atoms with Crippen molar-refractivity contribution in [3.8, 4) is 0 Å². The molecule has 0 heterocycles. The number of alkyl halides is 3. The maximum absolute atomic E-state index is 12.5. The summed E-state index contributed by atoms with van der Waals surface area (Å²) < 4.78 is 37.5. The SMILES string of the molecule is CC(C)(C(=O)Nc1ccc(C(F)(F)F)cc1Cl)C(N)=NO. The van der Waals surface area contributed by atoms with E-state index in [1.54, 1.807) is 0 Å². The van der Waals surface area contributed by atoms with Crippen LogP contribution < -0.4 is 11.1 Å². The molecule has 4 N–H and O–H groups in total. The van der Waals surface area contributed by atoms with E-state index in [4.69, 9.17) is 22.5 Å². The van der Waals surface area contributed by atoms with Gasteiger partial charge in [-0.25, -0.2) is 0 Å². The summed E-state index contributed by atoms with van der Waals surface area (Å²) in [7, 11) is 0. The second-order valence-electron chi connectivity index (χ2n) is 4.76. The van der Waals surface area contributed by atoms with E-state index < -0.39 is 23.1 Å². The summed E-state index contributed by atoms with van der Waals surface area (Å²) in [5, 5.41) is 13.4. The first-order chi connectivity index (χ1) is 9.50. The number of hydrogen-bond acceptors (Lipinski definition) is 3. The van der Waals surface area contributed by atoms with Crippen molar-refractivity contribution in [2.24, 2.45) is 16.3 Å². The number of oxime groups is 1. The average Bonchev–Trinajstić information content (AvgIpc) is 2.38. The number of benzene rings is 1. The van der Waals surface area contributed by atoms with E-state index in [0.29, 0.717) is 6.07 Å². The first kappa shape index (κ1) is 17.1. The molecule has 0 spiro atoms. The molecule has 9 heteroatoms. The van der Waals surface area contributed by atoms with Gasteiger partial charge in [-0.15, -0.1) is 0 Å². The lowest BCUT2D eigenvalue weighted by Gasteiger charge is -2.22. The van der Waals surface area contributed by atoms with Crippen molar-refractivity contribution >= 4 is 29.0 Å². The summed E-state index contributed by atoms with van der Waals surface area (Å²) >= 11 is 5.72. The molecule has 0 saturated carbocycles. The Kier molecular flexibility index (Phi) is 4.72. The summed E-state index contributed by atoms with van der Waals surface area (Å²) in [6.45, 7) is 2.77. The lowest BCUT2D eigenvalue weighted by atomic mass is 9.91. The van der Waals surface area contributed by atoms with Crippen molar-refractivity contribution in [1.29, 1.82) is 0 Å². The number of anilines is 1. The summed E-state index contributed by atoms with van der Waals surface area (Å²) in [5.74, 6) is -1.03. The van der Waals surface area contributed by atoms with Gasteiger partial charge in [-0.05, 0) is 32.0 Å². The first-order valence-corrected chi connectivity index (χ1v) is 6.04. The molecule has 1 aromatic carbocycles. The maximum atomic E-state index is 12.5. The van der Waals surface area contributed by atoms with Crippen LogP contribution in [0.4, 0.5) is 18.9 Å². The number of amidine groups is 1. The van der Waals surface area contributed by atoms with Crippen LogP contribution in [0.25, 0.3) is 0 Å². The number of rotatable bonds is 3. The van der Waals surface area contributed by atoms with Gasteiger partial charge in [0.05, 0.1) is 16.3 Å². The Morgan fingerprint density at radius 3 is 2.38 bits per heavy atom. The minimum Gasteiger partial charge on any atom is -0.409 e. The van der Waals surface area contributed by atoms with Crippen LogP contribution in [0.15, 0.2) is 23.4 Å². The molecular formula is C12H13ClF3N3O2. The molecule has 0 aliphatic heterocycles. The molecule has 0 aliphatic rings. The topological polar surface area (TPSA) is 87.7 Å². The molecule has 0 fully saturated rings. The van der Waals surface area contributed by atoms with E-state index in [9.17, 15) is 18.0 Å². The molecule has 0 radical (unpaired) electrons. The average molecular weight is 324 g/mol. The normalized spacial score (nSPS) is 13.1. The third kappa shape index (κ3) is 3.78. The van der Waals surface area contributed by atoms with E-state index in [2.05, 4.69) is 10.5 Å². The van der Waals surface area contributed by atoms with Crippen LogP contribution in [0, 0.1) is 5.41 Å². The monoisotopic (exact) mass is 323 g/mol. The number of carbonyl (C=O) groups excluding carboxylic acids is 1. The summed E-state index contributed by atoms with van der Waals surface area (Å²) in [4.78, 5) is 12.0. The molecule has 1 amide bonds. The highest BCUT2D eigenvalue weighted by molar-refractivity contribution is 6.34. The van der Waals surface area contributed by atoms with Crippen LogP contribution in [-0.4, -0.2) is 17.0 Å². The third-order valence-electron chi connectivity index (χ3n) is 2.86. The molecule has 5 nitrogen and oxygen atoms in total. The van der Waals surface area contributed by atoms with Gasteiger partial charge in [0, 0.05) is 0 Å². The van der Waals surface area contributed by atoms with Crippen LogP contribution in [0.5, 0.6) is 0 Å². The van der Waals surface area contributed by atoms with Crippen LogP contribution in [0.2, 0.25) is 5.02 Å². The Balaban J connectivity index is 3.02. The standard InChI is InChI=1S/C12H13ClF3N3O2/c1-11(2,9(17)19-21)10(20)18-8-4-3-6(5-7(8)13)12(14,15)16/h3-5,21H,1-2H3,(H2,17,19)(H,18,20). The van der Waals surface area contributed by atoms with Crippen molar-refractivity contribution in [2.45, 2.75) is 20.0 Å². The fourth-order valence-electron chi connectivity index (χ4n) is 1.31. The summed E-state index contributed by atoms with van der Waals surface area (Å²) in [6.07, 6.45) is -4.53. The van der Waals surface area contributed by atoms with Crippen LogP contribution >= 0.6 is 11.6 Å². The zero-order valence-electron chi connectivity index (χ0n) is 11.1. The van der Waals surface area contributed by atoms with Crippen LogP contribution in [-0.2, 0) is 11.0 Å². The second-order valence-corrected chi connectivity index (χ2v) is 5.16. The largest absolute Gasteiger partial charge is 0.416 e. The Labute approximate surface area is 123 Å². The predicted octanol–water partition coefficient (Wildman–Crippen LogP) is 3.07. The molecule has 0 aromatic heterocycles. The molecule has 1 rings (SSSR count). The third-order valence-corrected chi connectivity index (χ3v) is 3.17. The van der Waals surface area contributed by atoms with Gasteiger partial charge in [-0.2, -0.15) is 13.2 Å². The van der Waals surface area contributed by atoms with E-state index in [1.807, 2.05) is 0 Å². The van der Waals surface area contributed by atoms with Crippen LogP contribution in [0.3, 0.4) is 0 Å². The highest BCUT2D eigenvalue weighted by Gasteiger charge is 2.34. The number of halogens is 4. The van der Waals surface area contributed by atoms with E-state index in [0.717, 1.165) is 12.1 Å². The van der Waals surface area contributed by atoms with Gasteiger partial charge in [-0.1, -0.05) is 16.8 Å². The Bertz CT molecular complexity index is 586. The van der Waals surface area contributed by atoms with Crippen molar-refractivity contribution in [3.05, 3.63) is 28.8 Å². The highest BCUT2D eigenvalue weighted by Crippen LogP contribution is 2.34. The number of amides is 1. The number of hydrogen-bond donors (Lipinski definition) is 3. The van der Waals surface area contributed by atoms with Gasteiger partial charge >= 0.3 is 6.18 Å². The maximum Gasteiger partial charge on any atom is 0.416 e. The predicted molar refractivity (Wildman–Crippen MR) is 72.3 cm³/mol. The van der Waals surface area contributed by atoms with E-state index >= 15 is 0 Å². The molecule has 21 heavy (non-hydrogen) atoms. The van der Waals surface area contributed by atoms with Crippen molar-refractivity contribution < 1.29 is 23.2 Å². The molecule has 0 aliphatic carbocycles. The summed E-state index contributed by atoms with van der Waals surface area (Å²) in [6, 6.07) is 2.52. The van der Waals surface area contributed by atoms with Gasteiger partial charge in [-0.3, -0.25) is 4.79 Å². The lowest BCUT2D eigenvalue weighted by Crippen LogP contribution is -2.42. The Hall–Kier alpha value is -1.96. The van der Waals surface area contributed by atoms with Crippen LogP contribution in [0.1, 0.15) is 19.4 Å². The van der Waals surface area contributed by atoms with Crippen molar-refractivity contribution in [2.75, 3.05) is 5.32 Å². The number of carbonyl (C=O) groups is 1. The quantitative estimate of drug-likeness (QED) is 0.346. The zero-order chi connectivity index (χ0) is 16.4. The molecule has 116 valence electrons. The van der Waals surface area contributed by atoms with Gasteiger partial charge in [0.25, 0.3) is 0 Å². The Morgan fingerprint density at radius 2 is 1.95 bits per heavy atom. The van der Waals surface area contributed by atoms with E-state index in [-0.39, 0.29) is 16.5 Å². The van der Waals surface area contributed by atoms with Gasteiger partial charge in [0.15, 0.2) is 5.84 Å². The molecule has 0 atom stereocenters. The zero-order valence-corrected chi connectivity index (χ0v) is 11.9. The fourth-order valence-corrected chi connectivity index (χ4v) is 1.54.